The van der Waals surface area contributed by atoms with Crippen LogP contribution in [0.2, 0.25) is 5.02 Å². The molecule has 6 nitrogen and oxygen atoms in total. The maximum absolute atomic E-state index is 12.7. The molecule has 0 radical (unpaired) electrons. The van der Waals surface area contributed by atoms with E-state index < -0.39 is 16.7 Å². The lowest BCUT2D eigenvalue weighted by Gasteiger charge is -2.15. The molecule has 0 bridgehead atoms. The molecule has 10 heteroatoms. The van der Waals surface area contributed by atoms with Gasteiger partial charge in [0.1, 0.15) is 17.2 Å². The standard InChI is InChI=1S/C18H18ClF3N2O4/c1-3-27-11(2)10-23-15-9-13(5-6-16(15)24(25)26)28-17-7-4-12(8-14(17)19)18(20,21)22/h4-9,11,23H,3,10H2,1-2H3. The number of rotatable bonds is 8. The van der Waals surface area contributed by atoms with Crippen molar-refractivity contribution < 1.29 is 27.6 Å². The van der Waals surface area contributed by atoms with Crippen LogP contribution in [0.5, 0.6) is 11.5 Å². The summed E-state index contributed by atoms with van der Waals surface area (Å²) in [4.78, 5) is 10.7. The summed E-state index contributed by atoms with van der Waals surface area (Å²) in [5.74, 6) is 0.177. The SMILES string of the molecule is CCOC(C)CNc1cc(Oc2ccc(C(F)(F)F)cc2Cl)ccc1[N+](=O)[O-]. The van der Waals surface area contributed by atoms with E-state index in [9.17, 15) is 23.3 Å². The van der Waals surface area contributed by atoms with Gasteiger partial charge in [-0.2, -0.15) is 13.2 Å². The van der Waals surface area contributed by atoms with Gasteiger partial charge in [-0.3, -0.25) is 10.1 Å². The second kappa shape index (κ2) is 9.11. The van der Waals surface area contributed by atoms with Crippen LogP contribution in [-0.2, 0) is 10.9 Å². The lowest BCUT2D eigenvalue weighted by molar-refractivity contribution is -0.384. The zero-order chi connectivity index (χ0) is 20.9. The maximum Gasteiger partial charge on any atom is 0.416 e. The Morgan fingerprint density at radius 2 is 1.96 bits per heavy atom. The Kier molecular flexibility index (Phi) is 7.09. The summed E-state index contributed by atoms with van der Waals surface area (Å²) in [6.07, 6.45) is -4.71. The fourth-order valence-electron chi connectivity index (χ4n) is 2.36. The summed E-state index contributed by atoms with van der Waals surface area (Å²) in [6, 6.07) is 6.65. The van der Waals surface area contributed by atoms with E-state index in [4.69, 9.17) is 21.1 Å². The Hall–Kier alpha value is -2.52. The highest BCUT2D eigenvalue weighted by molar-refractivity contribution is 6.32. The van der Waals surface area contributed by atoms with Crippen LogP contribution in [0.15, 0.2) is 36.4 Å². The second-order valence-electron chi connectivity index (χ2n) is 5.83. The van der Waals surface area contributed by atoms with Crippen LogP contribution < -0.4 is 10.1 Å². The molecule has 0 fully saturated rings. The summed E-state index contributed by atoms with van der Waals surface area (Å²) in [6.45, 7) is 4.46. The van der Waals surface area contributed by atoms with Crippen LogP contribution in [0.3, 0.4) is 0 Å². The summed E-state index contributed by atoms with van der Waals surface area (Å²) < 4.78 is 49.1. The Morgan fingerprint density at radius 1 is 1.25 bits per heavy atom. The van der Waals surface area contributed by atoms with Gasteiger partial charge in [-0.05, 0) is 38.1 Å². The van der Waals surface area contributed by atoms with E-state index in [1.54, 1.807) is 0 Å². The third-order valence-corrected chi connectivity index (χ3v) is 3.98. The monoisotopic (exact) mass is 418 g/mol. The number of nitrogens with one attached hydrogen (secondary N) is 1. The molecule has 0 aliphatic carbocycles. The number of hydrogen-bond donors (Lipinski definition) is 1. The minimum Gasteiger partial charge on any atom is -0.456 e. The minimum absolute atomic E-state index is 0.00264. The van der Waals surface area contributed by atoms with Crippen LogP contribution in [-0.4, -0.2) is 24.2 Å². The van der Waals surface area contributed by atoms with E-state index in [1.807, 2.05) is 13.8 Å². The van der Waals surface area contributed by atoms with Crippen molar-refractivity contribution >= 4 is 23.0 Å². The lowest BCUT2D eigenvalue weighted by Crippen LogP contribution is -2.20. The first-order chi connectivity index (χ1) is 13.1. The molecule has 1 atom stereocenters. The van der Waals surface area contributed by atoms with Crippen molar-refractivity contribution in [2.75, 3.05) is 18.5 Å². The van der Waals surface area contributed by atoms with Crippen molar-refractivity contribution in [1.82, 2.24) is 0 Å². The van der Waals surface area contributed by atoms with Crippen molar-refractivity contribution in [1.29, 1.82) is 0 Å². The summed E-state index contributed by atoms with van der Waals surface area (Å²) >= 11 is 5.88. The van der Waals surface area contributed by atoms with Crippen LogP contribution in [0.1, 0.15) is 19.4 Å². The lowest BCUT2D eigenvalue weighted by atomic mass is 10.2. The molecular weight excluding hydrogens is 401 g/mol. The van der Waals surface area contributed by atoms with E-state index in [0.717, 1.165) is 18.2 Å². The van der Waals surface area contributed by atoms with E-state index in [-0.39, 0.29) is 34.0 Å². The molecule has 0 aromatic heterocycles. The molecule has 2 aromatic rings. The Balaban J connectivity index is 2.24. The molecule has 152 valence electrons. The maximum atomic E-state index is 12.7. The van der Waals surface area contributed by atoms with Crippen molar-refractivity contribution in [3.05, 3.63) is 57.1 Å². The Labute approximate surface area is 164 Å². The van der Waals surface area contributed by atoms with Gasteiger partial charge in [0, 0.05) is 25.3 Å². The number of anilines is 1. The molecular formula is C18H18ClF3N2O4. The van der Waals surface area contributed by atoms with Gasteiger partial charge in [0.2, 0.25) is 0 Å². The molecule has 1 N–H and O–H groups in total. The molecule has 2 rings (SSSR count). The Bertz CT molecular complexity index is 846. The molecule has 1 unspecified atom stereocenters. The zero-order valence-electron chi connectivity index (χ0n) is 15.0. The predicted octanol–water partition coefficient (Wildman–Crippen LogP) is 5.90. The number of nitrogens with zero attached hydrogens (tertiary/aromatic N) is 1. The van der Waals surface area contributed by atoms with E-state index in [2.05, 4.69) is 5.32 Å². The highest BCUT2D eigenvalue weighted by Gasteiger charge is 2.31. The zero-order valence-corrected chi connectivity index (χ0v) is 15.8. The van der Waals surface area contributed by atoms with Crippen LogP contribution in [0.4, 0.5) is 24.5 Å². The number of nitro groups is 1. The fraction of sp³-hybridized carbons (Fsp3) is 0.333. The highest BCUT2D eigenvalue weighted by Crippen LogP contribution is 2.37. The van der Waals surface area contributed by atoms with Crippen molar-refractivity contribution in [2.45, 2.75) is 26.1 Å². The first-order valence-corrected chi connectivity index (χ1v) is 8.68. The number of ether oxygens (including phenoxy) is 2. The summed E-state index contributed by atoms with van der Waals surface area (Å²) in [5.41, 5.74) is -0.882. The van der Waals surface area contributed by atoms with Gasteiger partial charge >= 0.3 is 6.18 Å². The van der Waals surface area contributed by atoms with E-state index in [0.29, 0.717) is 13.2 Å². The molecule has 28 heavy (non-hydrogen) atoms. The molecule has 0 heterocycles. The average molecular weight is 419 g/mol. The summed E-state index contributed by atoms with van der Waals surface area (Å²) in [5, 5.41) is 13.9. The van der Waals surface area contributed by atoms with E-state index >= 15 is 0 Å². The van der Waals surface area contributed by atoms with Crippen molar-refractivity contribution in [3.8, 4) is 11.5 Å². The van der Waals surface area contributed by atoms with Gasteiger partial charge in [0.25, 0.3) is 5.69 Å². The quantitative estimate of drug-likeness (QED) is 0.427. The van der Waals surface area contributed by atoms with Gasteiger partial charge in [-0.15, -0.1) is 0 Å². The van der Waals surface area contributed by atoms with Gasteiger partial charge < -0.3 is 14.8 Å². The van der Waals surface area contributed by atoms with Crippen molar-refractivity contribution in [2.24, 2.45) is 0 Å². The third kappa shape index (κ3) is 5.74. The van der Waals surface area contributed by atoms with Gasteiger partial charge in [-0.25, -0.2) is 0 Å². The number of hydrogen-bond acceptors (Lipinski definition) is 5. The van der Waals surface area contributed by atoms with Gasteiger partial charge in [-0.1, -0.05) is 11.6 Å². The number of nitro benzene ring substituents is 1. The number of benzene rings is 2. The van der Waals surface area contributed by atoms with E-state index in [1.165, 1.54) is 18.2 Å². The van der Waals surface area contributed by atoms with Gasteiger partial charge in [0.15, 0.2) is 0 Å². The molecule has 2 aromatic carbocycles. The first kappa shape index (κ1) is 21.8. The predicted molar refractivity (Wildman–Crippen MR) is 99.2 cm³/mol. The van der Waals surface area contributed by atoms with Crippen LogP contribution >= 0.6 is 11.6 Å². The van der Waals surface area contributed by atoms with Crippen molar-refractivity contribution in [3.63, 3.8) is 0 Å². The smallest absolute Gasteiger partial charge is 0.416 e. The van der Waals surface area contributed by atoms with Gasteiger partial charge in [0.05, 0.1) is 21.6 Å². The normalized spacial score (nSPS) is 12.5. The fourth-order valence-corrected chi connectivity index (χ4v) is 2.58. The van der Waals surface area contributed by atoms with Crippen LogP contribution in [0.25, 0.3) is 0 Å². The second-order valence-corrected chi connectivity index (χ2v) is 6.24. The Morgan fingerprint density at radius 3 is 2.54 bits per heavy atom. The summed E-state index contributed by atoms with van der Waals surface area (Å²) in [7, 11) is 0. The molecule has 0 amide bonds. The topological polar surface area (TPSA) is 73.6 Å². The molecule has 0 saturated heterocycles. The molecule has 0 aliphatic heterocycles. The highest BCUT2D eigenvalue weighted by atomic mass is 35.5. The molecule has 0 saturated carbocycles. The molecule has 0 aliphatic rings. The average Bonchev–Trinajstić information content (AvgIpc) is 2.61. The largest absolute Gasteiger partial charge is 0.456 e. The number of halogens is 4. The van der Waals surface area contributed by atoms with Crippen LogP contribution in [0, 0.1) is 10.1 Å². The first-order valence-electron chi connectivity index (χ1n) is 8.30. The number of alkyl halides is 3. The third-order valence-electron chi connectivity index (χ3n) is 3.68. The molecule has 0 spiro atoms. The minimum atomic E-state index is -4.52.